The maximum absolute atomic E-state index is 13.9. The average Bonchev–Trinajstić information content (AvgIpc) is 2.40. The van der Waals surface area contributed by atoms with Crippen molar-refractivity contribution in [3.05, 3.63) is 35.1 Å². The van der Waals surface area contributed by atoms with Crippen molar-refractivity contribution in [3.8, 4) is 0 Å². The summed E-state index contributed by atoms with van der Waals surface area (Å²) in [6, 6.07) is 4.66. The Hall–Kier alpha value is -1.42. The van der Waals surface area contributed by atoms with Gasteiger partial charge in [-0.15, -0.1) is 0 Å². The highest BCUT2D eigenvalue weighted by atomic mass is 19.1. The number of piperidine rings is 1. The zero-order chi connectivity index (χ0) is 13.0. The molecule has 0 aromatic heterocycles. The summed E-state index contributed by atoms with van der Waals surface area (Å²) in [6.07, 6.45) is 1.85. The fraction of sp³-hybridized carbons (Fsp3) is 0.500. The second-order valence-corrected chi connectivity index (χ2v) is 4.62. The summed E-state index contributed by atoms with van der Waals surface area (Å²) in [6.45, 7) is 4.28. The summed E-state index contributed by atoms with van der Waals surface area (Å²) >= 11 is 0. The van der Waals surface area contributed by atoms with E-state index >= 15 is 0 Å². The SMILES string of the molecule is CCNC(=O)c1ccc(F)c(C2CCNCC2)c1. The molecule has 1 amide bonds. The maximum atomic E-state index is 13.9. The van der Waals surface area contributed by atoms with Crippen molar-refractivity contribution in [3.63, 3.8) is 0 Å². The highest BCUT2D eigenvalue weighted by molar-refractivity contribution is 5.94. The first kappa shape index (κ1) is 13.0. The Morgan fingerprint density at radius 2 is 2.17 bits per heavy atom. The van der Waals surface area contributed by atoms with E-state index in [0.717, 1.165) is 25.9 Å². The van der Waals surface area contributed by atoms with Crippen LogP contribution in [0.25, 0.3) is 0 Å². The molecule has 4 heteroatoms. The fourth-order valence-electron chi connectivity index (χ4n) is 2.39. The first-order valence-corrected chi connectivity index (χ1v) is 6.50. The number of halogens is 1. The minimum absolute atomic E-state index is 0.132. The van der Waals surface area contributed by atoms with Gasteiger partial charge in [0.2, 0.25) is 0 Å². The van der Waals surface area contributed by atoms with E-state index in [1.807, 2.05) is 6.92 Å². The lowest BCUT2D eigenvalue weighted by Gasteiger charge is -2.23. The average molecular weight is 250 g/mol. The summed E-state index contributed by atoms with van der Waals surface area (Å²) in [4.78, 5) is 11.7. The second-order valence-electron chi connectivity index (χ2n) is 4.62. The molecule has 0 atom stereocenters. The van der Waals surface area contributed by atoms with Crippen molar-refractivity contribution in [2.75, 3.05) is 19.6 Å². The molecule has 1 aliphatic rings. The van der Waals surface area contributed by atoms with E-state index in [1.165, 1.54) is 6.07 Å². The van der Waals surface area contributed by atoms with Crippen LogP contribution in [0.1, 0.15) is 41.6 Å². The third kappa shape index (κ3) is 2.88. The van der Waals surface area contributed by atoms with Crippen LogP contribution in [0.2, 0.25) is 0 Å². The van der Waals surface area contributed by atoms with Gasteiger partial charge in [-0.2, -0.15) is 0 Å². The third-order valence-electron chi connectivity index (χ3n) is 3.37. The quantitative estimate of drug-likeness (QED) is 0.862. The molecule has 2 rings (SSSR count). The van der Waals surface area contributed by atoms with E-state index in [-0.39, 0.29) is 17.6 Å². The zero-order valence-electron chi connectivity index (χ0n) is 10.6. The molecule has 1 aromatic carbocycles. The van der Waals surface area contributed by atoms with Crippen molar-refractivity contribution in [1.29, 1.82) is 0 Å². The molecular weight excluding hydrogens is 231 g/mol. The van der Waals surface area contributed by atoms with Gasteiger partial charge in [-0.05, 0) is 62.5 Å². The molecule has 1 aliphatic heterocycles. The molecular formula is C14H19FN2O. The molecule has 98 valence electrons. The number of carbonyl (C=O) groups excluding carboxylic acids is 1. The van der Waals surface area contributed by atoms with Gasteiger partial charge in [0.25, 0.3) is 5.91 Å². The summed E-state index contributed by atoms with van der Waals surface area (Å²) in [5.41, 5.74) is 1.23. The van der Waals surface area contributed by atoms with Gasteiger partial charge in [-0.3, -0.25) is 4.79 Å². The lowest BCUT2D eigenvalue weighted by atomic mass is 9.89. The van der Waals surface area contributed by atoms with E-state index in [1.54, 1.807) is 12.1 Å². The number of rotatable bonds is 3. The summed E-state index contributed by atoms with van der Waals surface area (Å²) in [5, 5.41) is 6.00. The van der Waals surface area contributed by atoms with E-state index < -0.39 is 0 Å². The van der Waals surface area contributed by atoms with E-state index in [0.29, 0.717) is 17.7 Å². The molecule has 0 bridgehead atoms. The van der Waals surface area contributed by atoms with Crippen LogP contribution in [0.15, 0.2) is 18.2 Å². The Balaban J connectivity index is 2.23. The monoisotopic (exact) mass is 250 g/mol. The second kappa shape index (κ2) is 5.96. The van der Waals surface area contributed by atoms with Crippen molar-refractivity contribution in [2.45, 2.75) is 25.7 Å². The predicted molar refractivity (Wildman–Crippen MR) is 69.3 cm³/mol. The minimum atomic E-state index is -0.199. The van der Waals surface area contributed by atoms with Gasteiger partial charge in [-0.1, -0.05) is 0 Å². The normalized spacial score (nSPS) is 16.6. The van der Waals surface area contributed by atoms with Crippen LogP contribution < -0.4 is 10.6 Å². The summed E-state index contributed by atoms with van der Waals surface area (Å²) in [7, 11) is 0. The van der Waals surface area contributed by atoms with Crippen LogP contribution in [0.4, 0.5) is 4.39 Å². The minimum Gasteiger partial charge on any atom is -0.352 e. The topological polar surface area (TPSA) is 41.1 Å². The van der Waals surface area contributed by atoms with Crippen LogP contribution in [-0.2, 0) is 0 Å². The van der Waals surface area contributed by atoms with Gasteiger partial charge in [0.15, 0.2) is 0 Å². The molecule has 1 saturated heterocycles. The van der Waals surface area contributed by atoms with Crippen molar-refractivity contribution in [2.24, 2.45) is 0 Å². The first-order chi connectivity index (χ1) is 8.72. The molecule has 1 aromatic rings. The van der Waals surface area contributed by atoms with E-state index in [9.17, 15) is 9.18 Å². The molecule has 2 N–H and O–H groups in total. The zero-order valence-corrected chi connectivity index (χ0v) is 10.6. The largest absolute Gasteiger partial charge is 0.352 e. The fourth-order valence-corrected chi connectivity index (χ4v) is 2.39. The molecule has 3 nitrogen and oxygen atoms in total. The van der Waals surface area contributed by atoms with Crippen LogP contribution in [-0.4, -0.2) is 25.5 Å². The number of nitrogens with one attached hydrogen (secondary N) is 2. The van der Waals surface area contributed by atoms with Gasteiger partial charge < -0.3 is 10.6 Å². The molecule has 0 unspecified atom stereocenters. The van der Waals surface area contributed by atoms with Crippen molar-refractivity contribution < 1.29 is 9.18 Å². The highest BCUT2D eigenvalue weighted by Crippen LogP contribution is 2.28. The lowest BCUT2D eigenvalue weighted by molar-refractivity contribution is 0.0955. The Morgan fingerprint density at radius 3 is 2.83 bits per heavy atom. The molecule has 18 heavy (non-hydrogen) atoms. The number of hydrogen-bond donors (Lipinski definition) is 2. The predicted octanol–water partition coefficient (Wildman–Crippen LogP) is 2.04. The lowest BCUT2D eigenvalue weighted by Crippen LogP contribution is -2.27. The van der Waals surface area contributed by atoms with Gasteiger partial charge in [0.1, 0.15) is 5.82 Å². The van der Waals surface area contributed by atoms with Crippen LogP contribution in [0, 0.1) is 5.82 Å². The van der Waals surface area contributed by atoms with Crippen LogP contribution >= 0.6 is 0 Å². The Bertz CT molecular complexity index is 428. The van der Waals surface area contributed by atoms with Crippen LogP contribution in [0.5, 0.6) is 0 Å². The van der Waals surface area contributed by atoms with Crippen LogP contribution in [0.3, 0.4) is 0 Å². The number of benzene rings is 1. The highest BCUT2D eigenvalue weighted by Gasteiger charge is 2.20. The molecule has 1 fully saturated rings. The first-order valence-electron chi connectivity index (χ1n) is 6.50. The van der Waals surface area contributed by atoms with Gasteiger partial charge in [-0.25, -0.2) is 4.39 Å². The Morgan fingerprint density at radius 1 is 1.44 bits per heavy atom. The molecule has 0 aliphatic carbocycles. The smallest absolute Gasteiger partial charge is 0.251 e. The van der Waals surface area contributed by atoms with E-state index in [4.69, 9.17) is 0 Å². The summed E-state index contributed by atoms with van der Waals surface area (Å²) < 4.78 is 13.9. The van der Waals surface area contributed by atoms with Crippen molar-refractivity contribution >= 4 is 5.91 Å². The molecule has 1 heterocycles. The maximum Gasteiger partial charge on any atom is 0.251 e. The van der Waals surface area contributed by atoms with E-state index in [2.05, 4.69) is 10.6 Å². The third-order valence-corrected chi connectivity index (χ3v) is 3.37. The van der Waals surface area contributed by atoms with Gasteiger partial charge >= 0.3 is 0 Å². The Kier molecular flexibility index (Phi) is 4.31. The standard InChI is InChI=1S/C14H19FN2O/c1-2-17-14(18)11-3-4-13(15)12(9-11)10-5-7-16-8-6-10/h3-4,9-10,16H,2,5-8H2,1H3,(H,17,18). The summed E-state index contributed by atoms with van der Waals surface area (Å²) in [5.74, 6) is -0.108. The Labute approximate surface area is 107 Å². The van der Waals surface area contributed by atoms with Gasteiger partial charge in [0, 0.05) is 12.1 Å². The molecule has 0 saturated carbocycles. The molecule has 0 spiro atoms. The number of amides is 1. The number of hydrogen-bond acceptors (Lipinski definition) is 2. The number of carbonyl (C=O) groups is 1. The molecule has 0 radical (unpaired) electrons. The van der Waals surface area contributed by atoms with Crippen molar-refractivity contribution in [1.82, 2.24) is 10.6 Å². The van der Waals surface area contributed by atoms with Gasteiger partial charge in [0.05, 0.1) is 0 Å².